The number of carbonyl (C=O) groups excluding carboxylic acids is 2. The molecule has 9 heteroatoms. The first-order chi connectivity index (χ1) is 17.2. The highest BCUT2D eigenvalue weighted by molar-refractivity contribution is 6.32. The molecule has 4 rings (SSSR count). The first-order valence-corrected chi connectivity index (χ1v) is 13.6. The second kappa shape index (κ2) is 12.1. The minimum absolute atomic E-state index is 0.0800. The maximum atomic E-state index is 13.4. The maximum Gasteiger partial charge on any atom is 0.236 e. The number of nitrogens with zero attached hydrogens (tertiary/aromatic N) is 3. The van der Waals surface area contributed by atoms with E-state index in [1.165, 1.54) is 0 Å². The van der Waals surface area contributed by atoms with Crippen LogP contribution in [0.25, 0.3) is 0 Å². The van der Waals surface area contributed by atoms with Crippen molar-refractivity contribution in [2.45, 2.75) is 52.1 Å². The van der Waals surface area contributed by atoms with E-state index >= 15 is 0 Å². The van der Waals surface area contributed by atoms with E-state index in [1.807, 2.05) is 35.8 Å². The van der Waals surface area contributed by atoms with Crippen molar-refractivity contribution in [3.05, 3.63) is 28.3 Å². The van der Waals surface area contributed by atoms with Crippen molar-refractivity contribution in [3.63, 3.8) is 0 Å². The maximum absolute atomic E-state index is 13.4. The molecule has 200 valence electrons. The number of halogens is 1. The predicted octanol–water partition coefficient (Wildman–Crippen LogP) is 2.65. The first kappa shape index (κ1) is 27.2. The van der Waals surface area contributed by atoms with E-state index in [0.717, 1.165) is 47.8 Å². The molecule has 1 aromatic carbocycles. The molecular weight excluding hydrogens is 482 g/mol. The topological polar surface area (TPSA) is 82.5 Å². The van der Waals surface area contributed by atoms with Crippen molar-refractivity contribution in [2.75, 3.05) is 65.6 Å². The fourth-order valence-electron chi connectivity index (χ4n) is 5.56. The zero-order valence-corrected chi connectivity index (χ0v) is 22.4. The number of morpholine rings is 1. The number of hydrogen-bond acceptors (Lipinski definition) is 6. The highest BCUT2D eigenvalue weighted by atomic mass is 35.5. The molecule has 0 unspecified atom stereocenters. The third-order valence-electron chi connectivity index (χ3n) is 7.78. The fourth-order valence-corrected chi connectivity index (χ4v) is 5.67. The van der Waals surface area contributed by atoms with Crippen LogP contribution in [0.5, 0.6) is 5.75 Å². The molecule has 3 aliphatic rings. The molecule has 3 fully saturated rings. The normalized spacial score (nSPS) is 24.1. The predicted molar refractivity (Wildman–Crippen MR) is 138 cm³/mol. The van der Waals surface area contributed by atoms with Crippen LogP contribution in [0.4, 0.5) is 0 Å². The zero-order valence-electron chi connectivity index (χ0n) is 21.6. The van der Waals surface area contributed by atoms with Crippen molar-refractivity contribution < 1.29 is 24.2 Å². The zero-order chi connectivity index (χ0) is 25.7. The van der Waals surface area contributed by atoms with E-state index in [4.69, 9.17) is 21.1 Å². The van der Waals surface area contributed by atoms with E-state index in [1.54, 1.807) is 0 Å². The van der Waals surface area contributed by atoms with Crippen LogP contribution in [0.15, 0.2) is 12.1 Å². The van der Waals surface area contributed by atoms with Crippen LogP contribution in [0, 0.1) is 19.3 Å². The summed E-state index contributed by atoms with van der Waals surface area (Å²) in [6.45, 7) is 9.86. The molecule has 0 aromatic heterocycles. The first-order valence-electron chi connectivity index (χ1n) is 13.2. The van der Waals surface area contributed by atoms with E-state index in [2.05, 4.69) is 4.90 Å². The summed E-state index contributed by atoms with van der Waals surface area (Å²) >= 11 is 6.35. The van der Waals surface area contributed by atoms with Gasteiger partial charge in [0.15, 0.2) is 0 Å². The number of benzene rings is 1. The smallest absolute Gasteiger partial charge is 0.236 e. The van der Waals surface area contributed by atoms with Crippen LogP contribution in [-0.2, 0) is 14.3 Å². The number of hydrogen-bond donors (Lipinski definition) is 1. The molecule has 0 spiro atoms. The number of carbonyl (C=O) groups is 2. The van der Waals surface area contributed by atoms with Crippen molar-refractivity contribution in [2.24, 2.45) is 5.41 Å². The molecule has 0 radical (unpaired) electrons. The Labute approximate surface area is 219 Å². The van der Waals surface area contributed by atoms with Crippen molar-refractivity contribution >= 4 is 23.4 Å². The van der Waals surface area contributed by atoms with Gasteiger partial charge in [0.25, 0.3) is 0 Å². The van der Waals surface area contributed by atoms with Gasteiger partial charge in [0.2, 0.25) is 11.8 Å². The summed E-state index contributed by atoms with van der Waals surface area (Å²) < 4.78 is 11.7. The number of aryl methyl sites for hydroxylation is 2. The molecule has 3 aliphatic heterocycles. The number of piperidine rings is 2. The lowest BCUT2D eigenvalue weighted by Crippen LogP contribution is -2.54. The number of ether oxygens (including phenoxy) is 2. The van der Waals surface area contributed by atoms with E-state index < -0.39 is 5.41 Å². The second-order valence-corrected chi connectivity index (χ2v) is 11.1. The number of rotatable bonds is 7. The van der Waals surface area contributed by atoms with Gasteiger partial charge in [0.1, 0.15) is 5.75 Å². The molecule has 8 nitrogen and oxygen atoms in total. The van der Waals surface area contributed by atoms with Crippen LogP contribution in [0.2, 0.25) is 5.02 Å². The summed E-state index contributed by atoms with van der Waals surface area (Å²) in [5.41, 5.74) is 1.44. The van der Waals surface area contributed by atoms with Crippen molar-refractivity contribution in [1.82, 2.24) is 14.7 Å². The standard InChI is InChI=1S/C27H40ClN3O5/c1-20-14-23(15-21(2)26(20)28)36-19-27(16-24(33)30-8-4-22(32)5-9-30)6-3-7-31(18-27)25(34)17-29-10-12-35-13-11-29/h14-15,22,32H,3-13,16-19H2,1-2H3/t27-/m1/s1. The lowest BCUT2D eigenvalue weighted by atomic mass is 9.77. The summed E-state index contributed by atoms with van der Waals surface area (Å²) in [6.07, 6.45) is 2.89. The Morgan fingerprint density at radius 3 is 2.39 bits per heavy atom. The third-order valence-corrected chi connectivity index (χ3v) is 8.37. The molecule has 36 heavy (non-hydrogen) atoms. The van der Waals surface area contributed by atoms with Gasteiger partial charge in [0, 0.05) is 56.1 Å². The lowest BCUT2D eigenvalue weighted by Gasteiger charge is -2.44. The van der Waals surface area contributed by atoms with Crippen LogP contribution in [-0.4, -0.2) is 103 Å². The second-order valence-electron chi connectivity index (χ2n) is 10.8. The molecule has 3 heterocycles. The monoisotopic (exact) mass is 521 g/mol. The van der Waals surface area contributed by atoms with Crippen molar-refractivity contribution in [1.29, 1.82) is 0 Å². The molecule has 2 amide bonds. The van der Waals surface area contributed by atoms with Crippen LogP contribution in [0.3, 0.4) is 0 Å². The SMILES string of the molecule is Cc1cc(OC[C@@]2(CC(=O)N3CCC(O)CC3)CCCN(C(=O)CN3CCOCC3)C2)cc(C)c1Cl. The fraction of sp³-hybridized carbons (Fsp3) is 0.704. The Hall–Kier alpha value is -1.87. The molecule has 0 bridgehead atoms. The average Bonchev–Trinajstić information content (AvgIpc) is 2.87. The van der Waals surface area contributed by atoms with Gasteiger partial charge in [-0.3, -0.25) is 14.5 Å². The average molecular weight is 522 g/mol. The Kier molecular flexibility index (Phi) is 9.15. The van der Waals surface area contributed by atoms with E-state index in [9.17, 15) is 14.7 Å². The summed E-state index contributed by atoms with van der Waals surface area (Å²) in [4.78, 5) is 32.6. The third kappa shape index (κ3) is 6.91. The largest absolute Gasteiger partial charge is 0.493 e. The van der Waals surface area contributed by atoms with E-state index in [-0.39, 0.29) is 17.9 Å². The minimum Gasteiger partial charge on any atom is -0.493 e. The van der Waals surface area contributed by atoms with Gasteiger partial charge in [-0.15, -0.1) is 0 Å². The van der Waals surface area contributed by atoms with Crippen LogP contribution in [0.1, 0.15) is 43.2 Å². The minimum atomic E-state index is -0.465. The summed E-state index contributed by atoms with van der Waals surface area (Å²) in [5, 5.41) is 10.6. The van der Waals surface area contributed by atoms with Gasteiger partial charge < -0.3 is 24.4 Å². The molecular formula is C27H40ClN3O5. The number of aliphatic hydroxyl groups is 1. The van der Waals surface area contributed by atoms with Crippen molar-refractivity contribution in [3.8, 4) is 5.75 Å². The van der Waals surface area contributed by atoms with Crippen LogP contribution >= 0.6 is 11.6 Å². The Balaban J connectivity index is 1.48. The Morgan fingerprint density at radius 1 is 1.06 bits per heavy atom. The number of likely N-dealkylation sites (tertiary alicyclic amines) is 2. The summed E-state index contributed by atoms with van der Waals surface area (Å²) in [6, 6.07) is 3.86. The Morgan fingerprint density at radius 2 is 1.72 bits per heavy atom. The highest BCUT2D eigenvalue weighted by Crippen LogP contribution is 2.36. The van der Waals surface area contributed by atoms with Gasteiger partial charge >= 0.3 is 0 Å². The molecule has 1 N–H and O–H groups in total. The summed E-state index contributed by atoms with van der Waals surface area (Å²) in [5.74, 6) is 0.920. The number of aliphatic hydroxyl groups excluding tert-OH is 1. The quantitative estimate of drug-likeness (QED) is 0.594. The van der Waals surface area contributed by atoms with Gasteiger partial charge in [0.05, 0.1) is 32.5 Å². The number of amides is 2. The van der Waals surface area contributed by atoms with Gasteiger partial charge in [-0.2, -0.15) is 0 Å². The highest BCUT2D eigenvalue weighted by Gasteiger charge is 2.41. The van der Waals surface area contributed by atoms with Crippen LogP contribution < -0.4 is 4.74 Å². The van der Waals surface area contributed by atoms with E-state index in [0.29, 0.717) is 71.8 Å². The molecule has 0 saturated carbocycles. The summed E-state index contributed by atoms with van der Waals surface area (Å²) in [7, 11) is 0. The Bertz CT molecular complexity index is 907. The van der Waals surface area contributed by atoms with Gasteiger partial charge in [-0.05, 0) is 62.8 Å². The molecule has 0 aliphatic carbocycles. The van der Waals surface area contributed by atoms with Gasteiger partial charge in [-0.25, -0.2) is 0 Å². The van der Waals surface area contributed by atoms with Gasteiger partial charge in [-0.1, -0.05) is 11.6 Å². The molecule has 1 aromatic rings. The molecule has 3 saturated heterocycles. The lowest BCUT2D eigenvalue weighted by molar-refractivity contribution is -0.143. The molecule has 1 atom stereocenters.